The highest BCUT2D eigenvalue weighted by Gasteiger charge is 2.20. The zero-order valence-corrected chi connectivity index (χ0v) is 12.5. The first-order valence-electron chi connectivity index (χ1n) is 7.32. The summed E-state index contributed by atoms with van der Waals surface area (Å²) in [6.45, 7) is 3.58. The highest BCUT2D eigenvalue weighted by molar-refractivity contribution is 9.09. The molecule has 2 unspecified atom stereocenters. The normalized spacial score (nSPS) is 31.6. The van der Waals surface area contributed by atoms with E-state index in [1.165, 1.54) is 64.5 Å². The minimum absolute atomic E-state index is 0.574. The molecule has 2 heterocycles. The minimum Gasteiger partial charge on any atom is -0.378 e. The summed E-state index contributed by atoms with van der Waals surface area (Å²) in [5.41, 5.74) is 0. The summed E-state index contributed by atoms with van der Waals surface area (Å²) in [7, 11) is 0. The summed E-state index contributed by atoms with van der Waals surface area (Å²) < 4.78 is 5.69. The van der Waals surface area contributed by atoms with Gasteiger partial charge in [0.1, 0.15) is 0 Å². The van der Waals surface area contributed by atoms with Crippen molar-refractivity contribution in [3.63, 3.8) is 0 Å². The molecule has 3 heteroatoms. The van der Waals surface area contributed by atoms with E-state index >= 15 is 0 Å². The van der Waals surface area contributed by atoms with Gasteiger partial charge in [-0.3, -0.25) is 4.90 Å². The van der Waals surface area contributed by atoms with E-state index in [4.69, 9.17) is 4.74 Å². The fourth-order valence-electron chi connectivity index (χ4n) is 3.10. The lowest BCUT2D eigenvalue weighted by molar-refractivity contribution is 0.0967. The second kappa shape index (κ2) is 7.75. The van der Waals surface area contributed by atoms with Crippen LogP contribution < -0.4 is 0 Å². The molecule has 17 heavy (non-hydrogen) atoms. The van der Waals surface area contributed by atoms with Gasteiger partial charge in [0.15, 0.2) is 0 Å². The average Bonchev–Trinajstić information content (AvgIpc) is 2.75. The van der Waals surface area contributed by atoms with Crippen LogP contribution in [0.25, 0.3) is 0 Å². The predicted octanol–water partition coefficient (Wildman–Crippen LogP) is 3.59. The van der Waals surface area contributed by atoms with Gasteiger partial charge in [0.25, 0.3) is 0 Å². The lowest BCUT2D eigenvalue weighted by Crippen LogP contribution is -2.37. The standard InChI is InChI=1S/C14H26BrNO/c15-12-13-6-2-1-3-9-16(13)10-4-7-14-8-5-11-17-14/h13-14H,1-12H2. The Morgan fingerprint density at radius 2 is 2.06 bits per heavy atom. The van der Waals surface area contributed by atoms with E-state index < -0.39 is 0 Å². The molecule has 0 aromatic rings. The molecule has 0 bridgehead atoms. The Bertz CT molecular complexity index is 206. The van der Waals surface area contributed by atoms with Gasteiger partial charge in [0.2, 0.25) is 0 Å². The Kier molecular flexibility index (Phi) is 6.30. The van der Waals surface area contributed by atoms with Crippen molar-refractivity contribution in [3.8, 4) is 0 Å². The molecule has 0 aliphatic carbocycles. The number of halogens is 1. The van der Waals surface area contributed by atoms with E-state index in [9.17, 15) is 0 Å². The Hall–Kier alpha value is 0.400. The van der Waals surface area contributed by atoms with E-state index in [1.807, 2.05) is 0 Å². The van der Waals surface area contributed by atoms with Crippen molar-refractivity contribution >= 4 is 15.9 Å². The summed E-state index contributed by atoms with van der Waals surface area (Å²) >= 11 is 3.68. The highest BCUT2D eigenvalue weighted by Crippen LogP contribution is 2.21. The van der Waals surface area contributed by atoms with Crippen LogP contribution in [-0.2, 0) is 4.74 Å². The van der Waals surface area contributed by atoms with Gasteiger partial charge >= 0.3 is 0 Å². The number of alkyl halides is 1. The molecule has 2 aliphatic rings. The third-order valence-electron chi connectivity index (χ3n) is 4.17. The zero-order valence-electron chi connectivity index (χ0n) is 10.9. The number of nitrogens with zero attached hydrogens (tertiary/aromatic N) is 1. The molecule has 2 aliphatic heterocycles. The number of likely N-dealkylation sites (tertiary alicyclic amines) is 1. The van der Waals surface area contributed by atoms with Gasteiger partial charge in [-0.05, 0) is 51.6 Å². The maximum absolute atomic E-state index is 5.69. The first kappa shape index (κ1) is 13.8. The molecule has 2 rings (SSSR count). The van der Waals surface area contributed by atoms with Crippen molar-refractivity contribution in [2.75, 3.05) is 25.0 Å². The molecule has 0 N–H and O–H groups in total. The molecule has 0 radical (unpaired) electrons. The van der Waals surface area contributed by atoms with Gasteiger partial charge in [0.05, 0.1) is 6.10 Å². The van der Waals surface area contributed by atoms with Crippen molar-refractivity contribution in [2.45, 2.75) is 63.5 Å². The van der Waals surface area contributed by atoms with Crippen LogP contribution in [0.2, 0.25) is 0 Å². The second-order valence-electron chi connectivity index (χ2n) is 5.47. The number of hydrogen-bond donors (Lipinski definition) is 0. The molecule has 0 saturated carbocycles. The van der Waals surface area contributed by atoms with E-state index in [1.54, 1.807) is 0 Å². The van der Waals surface area contributed by atoms with E-state index in [2.05, 4.69) is 20.8 Å². The van der Waals surface area contributed by atoms with Crippen molar-refractivity contribution in [3.05, 3.63) is 0 Å². The van der Waals surface area contributed by atoms with E-state index in [0.717, 1.165) is 18.0 Å². The van der Waals surface area contributed by atoms with Crippen LogP contribution in [0.4, 0.5) is 0 Å². The summed E-state index contributed by atoms with van der Waals surface area (Å²) in [4.78, 5) is 2.71. The van der Waals surface area contributed by atoms with E-state index in [-0.39, 0.29) is 0 Å². The molecule has 0 amide bonds. The smallest absolute Gasteiger partial charge is 0.0576 e. The molecule has 0 aromatic carbocycles. The highest BCUT2D eigenvalue weighted by atomic mass is 79.9. The Morgan fingerprint density at radius 3 is 2.82 bits per heavy atom. The summed E-state index contributed by atoms with van der Waals surface area (Å²) in [6.07, 6.45) is 11.3. The molecule has 2 fully saturated rings. The van der Waals surface area contributed by atoms with Crippen LogP contribution in [0.15, 0.2) is 0 Å². The predicted molar refractivity (Wildman–Crippen MR) is 75.8 cm³/mol. The number of rotatable bonds is 5. The van der Waals surface area contributed by atoms with Crippen LogP contribution in [-0.4, -0.2) is 42.1 Å². The van der Waals surface area contributed by atoms with Crippen LogP contribution in [0.5, 0.6) is 0 Å². The Balaban J connectivity index is 1.67. The van der Waals surface area contributed by atoms with E-state index in [0.29, 0.717) is 6.10 Å². The monoisotopic (exact) mass is 303 g/mol. The van der Waals surface area contributed by atoms with Crippen LogP contribution in [0, 0.1) is 0 Å². The van der Waals surface area contributed by atoms with Gasteiger partial charge in [-0.15, -0.1) is 0 Å². The zero-order chi connectivity index (χ0) is 11.9. The Labute approximate surface area is 114 Å². The van der Waals surface area contributed by atoms with Gasteiger partial charge in [-0.2, -0.15) is 0 Å². The van der Waals surface area contributed by atoms with Crippen LogP contribution in [0.1, 0.15) is 51.4 Å². The first-order valence-corrected chi connectivity index (χ1v) is 8.44. The SMILES string of the molecule is BrCC1CCCCCN1CCCC1CCCO1. The Morgan fingerprint density at radius 1 is 1.12 bits per heavy atom. The summed E-state index contributed by atoms with van der Waals surface area (Å²) in [5.74, 6) is 0. The molecule has 2 saturated heterocycles. The van der Waals surface area contributed by atoms with Gasteiger partial charge in [0, 0.05) is 18.0 Å². The molecule has 0 aromatic heterocycles. The largest absolute Gasteiger partial charge is 0.378 e. The van der Waals surface area contributed by atoms with Gasteiger partial charge in [-0.1, -0.05) is 28.8 Å². The fraction of sp³-hybridized carbons (Fsp3) is 1.00. The summed E-state index contributed by atoms with van der Waals surface area (Å²) in [6, 6.07) is 0.780. The minimum atomic E-state index is 0.574. The van der Waals surface area contributed by atoms with Crippen molar-refractivity contribution in [1.29, 1.82) is 0 Å². The number of ether oxygens (including phenoxy) is 1. The van der Waals surface area contributed by atoms with Gasteiger partial charge in [-0.25, -0.2) is 0 Å². The average molecular weight is 304 g/mol. The maximum atomic E-state index is 5.69. The lowest BCUT2D eigenvalue weighted by atomic mass is 10.1. The van der Waals surface area contributed by atoms with Gasteiger partial charge < -0.3 is 4.74 Å². The van der Waals surface area contributed by atoms with Crippen molar-refractivity contribution in [1.82, 2.24) is 4.90 Å². The topological polar surface area (TPSA) is 12.5 Å². The first-order chi connectivity index (χ1) is 8.40. The number of hydrogen-bond acceptors (Lipinski definition) is 2. The fourth-order valence-corrected chi connectivity index (χ4v) is 3.83. The maximum Gasteiger partial charge on any atom is 0.0576 e. The molecule has 2 nitrogen and oxygen atoms in total. The summed E-state index contributed by atoms with van der Waals surface area (Å²) in [5, 5.41) is 1.15. The quantitative estimate of drug-likeness (QED) is 0.720. The third-order valence-corrected chi connectivity index (χ3v) is 4.92. The second-order valence-corrected chi connectivity index (χ2v) is 6.12. The van der Waals surface area contributed by atoms with Crippen molar-refractivity contribution < 1.29 is 4.74 Å². The third kappa shape index (κ3) is 4.53. The lowest BCUT2D eigenvalue weighted by Gasteiger charge is -2.28. The van der Waals surface area contributed by atoms with Crippen LogP contribution in [0.3, 0.4) is 0 Å². The van der Waals surface area contributed by atoms with Crippen molar-refractivity contribution in [2.24, 2.45) is 0 Å². The molecular weight excluding hydrogens is 278 g/mol. The molecular formula is C14H26BrNO. The van der Waals surface area contributed by atoms with Crippen LogP contribution >= 0.6 is 15.9 Å². The molecule has 2 atom stereocenters. The molecule has 0 spiro atoms. The molecule has 100 valence electrons.